The second-order valence-corrected chi connectivity index (χ2v) is 3.06. The quantitative estimate of drug-likeness (QED) is 0.350. The molecule has 0 saturated heterocycles. The van der Waals surface area contributed by atoms with Gasteiger partial charge in [0.25, 0.3) is 0 Å². The van der Waals surface area contributed by atoms with Crippen molar-refractivity contribution in [2.75, 3.05) is 13.3 Å². The van der Waals surface area contributed by atoms with Crippen molar-refractivity contribution in [1.29, 1.82) is 0 Å². The van der Waals surface area contributed by atoms with Gasteiger partial charge < -0.3 is 15.2 Å². The highest BCUT2D eigenvalue weighted by Crippen LogP contribution is 2.10. The number of alkyl halides is 1. The van der Waals surface area contributed by atoms with Gasteiger partial charge in [-0.3, -0.25) is 9.18 Å². The number of carbonyl (C=O) groups excluding carboxylic acids is 2. The van der Waals surface area contributed by atoms with E-state index in [1.807, 2.05) is 0 Å². The van der Waals surface area contributed by atoms with E-state index in [0.717, 1.165) is 0 Å². The Morgan fingerprint density at radius 1 is 1.69 bits per heavy atom. The van der Waals surface area contributed by atoms with Crippen molar-refractivity contribution in [2.45, 2.75) is 25.5 Å². The van der Waals surface area contributed by atoms with Crippen LogP contribution in [0.3, 0.4) is 0 Å². The van der Waals surface area contributed by atoms with Gasteiger partial charge in [-0.05, 0) is 18.9 Å². The molecular weight excluding hydrogens is 217 g/mol. The van der Waals surface area contributed by atoms with Crippen molar-refractivity contribution in [3.8, 4) is 0 Å². The molecule has 1 amide bonds. The van der Waals surface area contributed by atoms with Crippen LogP contribution in [0, 0.1) is 0 Å². The molecule has 0 fully saturated rings. The number of hydrogen-bond donors (Lipinski definition) is 2. The number of esters is 1. The second-order valence-electron chi connectivity index (χ2n) is 3.06. The fourth-order valence-corrected chi connectivity index (χ4v) is 1.10. The van der Waals surface area contributed by atoms with Crippen molar-refractivity contribution in [2.24, 2.45) is 0 Å². The topological polar surface area (TPSA) is 75.6 Å². The third-order valence-corrected chi connectivity index (χ3v) is 1.94. The predicted molar refractivity (Wildman–Crippen MR) is 55.4 cm³/mol. The molecule has 0 rings (SSSR count). The molecule has 5 nitrogen and oxygen atoms in total. The first-order valence-electron chi connectivity index (χ1n) is 4.86. The van der Waals surface area contributed by atoms with Gasteiger partial charge in [0.15, 0.2) is 6.04 Å². The van der Waals surface area contributed by atoms with Crippen LogP contribution in [-0.4, -0.2) is 42.9 Å². The molecule has 0 aliphatic heterocycles. The van der Waals surface area contributed by atoms with E-state index in [9.17, 15) is 19.1 Å². The number of nitrogens with one attached hydrogen (secondary N) is 1. The maximum absolute atomic E-state index is 12.0. The average Bonchev–Trinajstić information content (AvgIpc) is 2.25. The van der Waals surface area contributed by atoms with Crippen molar-refractivity contribution < 1.29 is 23.8 Å². The average molecular weight is 233 g/mol. The Hall–Kier alpha value is -1.43. The molecule has 0 radical (unpaired) electrons. The summed E-state index contributed by atoms with van der Waals surface area (Å²) in [4.78, 5) is 21.6. The van der Waals surface area contributed by atoms with Gasteiger partial charge in [0.05, 0.1) is 13.3 Å². The fraction of sp³-hybridized carbons (Fsp3) is 0.600. The van der Waals surface area contributed by atoms with Gasteiger partial charge in [-0.2, -0.15) is 0 Å². The van der Waals surface area contributed by atoms with Gasteiger partial charge in [-0.15, -0.1) is 0 Å². The highest BCUT2D eigenvalue weighted by Gasteiger charge is 2.29. The lowest BCUT2D eigenvalue weighted by Gasteiger charge is -2.21. The minimum atomic E-state index is -1.35. The third kappa shape index (κ3) is 4.39. The van der Waals surface area contributed by atoms with Gasteiger partial charge >= 0.3 is 5.97 Å². The predicted octanol–water partition coefficient (Wildman–Crippen LogP) is -0.0592. The summed E-state index contributed by atoms with van der Waals surface area (Å²) >= 11 is 0. The van der Waals surface area contributed by atoms with Crippen LogP contribution in [0.5, 0.6) is 0 Å². The van der Waals surface area contributed by atoms with Gasteiger partial charge in [0.2, 0.25) is 6.41 Å². The largest absolute Gasteiger partial charge is 0.464 e. The van der Waals surface area contributed by atoms with E-state index in [2.05, 4.69) is 16.6 Å². The lowest BCUT2D eigenvalue weighted by atomic mass is 10.0. The molecule has 0 spiro atoms. The molecule has 0 aromatic rings. The molecule has 0 saturated carbocycles. The summed E-state index contributed by atoms with van der Waals surface area (Å²) in [5.41, 5.74) is 0.134. The van der Waals surface area contributed by atoms with Gasteiger partial charge in [0.1, 0.15) is 6.10 Å². The van der Waals surface area contributed by atoms with Crippen LogP contribution in [-0.2, 0) is 14.3 Å². The summed E-state index contributed by atoms with van der Waals surface area (Å²) in [5.74, 6) is -0.776. The van der Waals surface area contributed by atoms with Crippen LogP contribution in [0.1, 0.15) is 13.3 Å². The highest BCUT2D eigenvalue weighted by molar-refractivity contribution is 5.79. The van der Waals surface area contributed by atoms with Crippen molar-refractivity contribution >= 4 is 12.4 Å². The summed E-state index contributed by atoms with van der Waals surface area (Å²) in [5, 5.41) is 11.8. The van der Waals surface area contributed by atoms with Crippen molar-refractivity contribution in [1.82, 2.24) is 5.32 Å². The Morgan fingerprint density at radius 3 is 2.75 bits per heavy atom. The molecule has 2 N–H and O–H groups in total. The van der Waals surface area contributed by atoms with Gasteiger partial charge in [-0.1, -0.05) is 6.58 Å². The maximum atomic E-state index is 12.0. The molecule has 6 heteroatoms. The van der Waals surface area contributed by atoms with Gasteiger partial charge in [-0.25, -0.2) is 4.79 Å². The van der Waals surface area contributed by atoms with Crippen LogP contribution in [0.25, 0.3) is 0 Å². The number of hydrogen-bond acceptors (Lipinski definition) is 4. The standard InChI is InChI=1S/C10H16FNO4/c1-3-16-10(15)8(12-6-13)9(14)7(2)4-5-11/h6,8-9,14H,2-5H2,1H3,(H,12,13). The number of carbonyl (C=O) groups is 2. The zero-order valence-corrected chi connectivity index (χ0v) is 9.11. The highest BCUT2D eigenvalue weighted by atomic mass is 19.1. The summed E-state index contributed by atoms with van der Waals surface area (Å²) in [6.07, 6.45) is -1.15. The number of ether oxygens (including phenoxy) is 1. The summed E-state index contributed by atoms with van der Waals surface area (Å²) in [7, 11) is 0. The first-order valence-corrected chi connectivity index (χ1v) is 4.86. The van der Waals surface area contributed by atoms with Crippen molar-refractivity contribution in [3.63, 3.8) is 0 Å². The lowest BCUT2D eigenvalue weighted by Crippen LogP contribution is -2.47. The number of amides is 1. The number of halogens is 1. The van der Waals surface area contributed by atoms with Crippen LogP contribution >= 0.6 is 0 Å². The molecule has 0 aromatic heterocycles. The van der Waals surface area contributed by atoms with E-state index >= 15 is 0 Å². The van der Waals surface area contributed by atoms with Crippen LogP contribution in [0.4, 0.5) is 4.39 Å². The first-order chi connectivity index (χ1) is 7.58. The summed E-state index contributed by atoms with van der Waals surface area (Å²) < 4.78 is 16.7. The third-order valence-electron chi connectivity index (χ3n) is 1.94. The zero-order valence-electron chi connectivity index (χ0n) is 9.11. The minimum absolute atomic E-state index is 0.0718. The molecule has 0 aliphatic carbocycles. The van der Waals surface area contributed by atoms with Crippen LogP contribution in [0.15, 0.2) is 12.2 Å². The number of aliphatic hydroxyl groups is 1. The monoisotopic (exact) mass is 233 g/mol. The van der Waals surface area contributed by atoms with E-state index in [1.54, 1.807) is 6.92 Å². The molecule has 0 heterocycles. The van der Waals surface area contributed by atoms with Crippen molar-refractivity contribution in [3.05, 3.63) is 12.2 Å². The zero-order chi connectivity index (χ0) is 12.6. The molecule has 0 aliphatic rings. The van der Waals surface area contributed by atoms with Crippen LogP contribution in [0.2, 0.25) is 0 Å². The Morgan fingerprint density at radius 2 is 2.31 bits per heavy atom. The van der Waals surface area contributed by atoms with E-state index in [1.165, 1.54) is 0 Å². The first kappa shape index (κ1) is 14.6. The molecule has 16 heavy (non-hydrogen) atoms. The second kappa shape index (κ2) is 7.81. The van der Waals surface area contributed by atoms with Crippen LogP contribution < -0.4 is 5.32 Å². The maximum Gasteiger partial charge on any atom is 0.331 e. The molecule has 2 unspecified atom stereocenters. The Bertz CT molecular complexity index is 257. The lowest BCUT2D eigenvalue weighted by molar-refractivity contribution is -0.149. The Balaban J connectivity index is 4.56. The number of rotatable bonds is 8. The molecule has 0 bridgehead atoms. The molecule has 2 atom stereocenters. The molecule has 92 valence electrons. The Kier molecular flexibility index (Phi) is 7.11. The fourth-order valence-electron chi connectivity index (χ4n) is 1.10. The summed E-state index contributed by atoms with van der Waals surface area (Å²) in [6, 6.07) is -1.24. The normalized spacial score (nSPS) is 13.7. The van der Waals surface area contributed by atoms with E-state index < -0.39 is 24.8 Å². The minimum Gasteiger partial charge on any atom is -0.464 e. The number of aliphatic hydroxyl groups excluding tert-OH is 1. The SMILES string of the molecule is C=C(CCF)C(O)C(NC=O)C(=O)OCC. The smallest absolute Gasteiger partial charge is 0.331 e. The van der Waals surface area contributed by atoms with Gasteiger partial charge in [0, 0.05) is 0 Å². The Labute approximate surface area is 93.3 Å². The van der Waals surface area contributed by atoms with E-state index in [0.29, 0.717) is 0 Å². The molecule has 0 aromatic carbocycles. The van der Waals surface area contributed by atoms with E-state index in [4.69, 9.17) is 0 Å². The summed E-state index contributed by atoms with van der Waals surface area (Å²) in [6.45, 7) is 4.47. The van der Waals surface area contributed by atoms with E-state index in [-0.39, 0.29) is 25.0 Å². The molecular formula is C10H16FNO4.